The lowest BCUT2D eigenvalue weighted by Gasteiger charge is -2.30. The van der Waals surface area contributed by atoms with E-state index in [2.05, 4.69) is 15.6 Å². The number of amides is 4. The van der Waals surface area contributed by atoms with E-state index in [1.807, 2.05) is 18.2 Å². The minimum absolute atomic E-state index is 0.132. The van der Waals surface area contributed by atoms with E-state index in [1.54, 1.807) is 20.2 Å². The number of aromatic nitrogens is 1. The highest BCUT2D eigenvalue weighted by Gasteiger charge is 2.37. The van der Waals surface area contributed by atoms with Gasteiger partial charge in [-0.05, 0) is 49.8 Å². The smallest absolute Gasteiger partial charge is 0.270 e. The number of methoxy groups -OCH3 is 1. The number of likely N-dealkylation sites (N-methyl/N-ethyl adjacent to an activating group) is 1. The zero-order chi connectivity index (χ0) is 25.1. The molecule has 3 atom stereocenters. The number of aromatic amines is 1. The fourth-order valence-electron chi connectivity index (χ4n) is 4.72. The maximum atomic E-state index is 13.4. The van der Waals surface area contributed by atoms with E-state index in [4.69, 9.17) is 10.5 Å². The predicted molar refractivity (Wildman–Crippen MR) is 130 cm³/mol. The van der Waals surface area contributed by atoms with Crippen LogP contribution in [0.1, 0.15) is 49.0 Å². The van der Waals surface area contributed by atoms with E-state index < -0.39 is 23.9 Å². The fraction of sp³-hybridized carbons (Fsp3) is 0.520. The van der Waals surface area contributed by atoms with Crippen LogP contribution in [0, 0.1) is 11.8 Å². The van der Waals surface area contributed by atoms with E-state index in [0.717, 1.165) is 30.2 Å². The number of fused-ring (bicyclic) bond motifs is 1. The number of nitrogens with two attached hydrogens (primary N) is 1. The molecule has 1 aromatic carbocycles. The molecule has 3 unspecified atom stereocenters. The van der Waals surface area contributed by atoms with Gasteiger partial charge in [0.05, 0.1) is 7.11 Å². The third-order valence-electron chi connectivity index (χ3n) is 7.00. The van der Waals surface area contributed by atoms with Crippen molar-refractivity contribution in [3.63, 3.8) is 0 Å². The van der Waals surface area contributed by atoms with Gasteiger partial charge in [0.2, 0.25) is 17.7 Å². The highest BCUT2D eigenvalue weighted by molar-refractivity contribution is 6.01. The number of benzene rings is 1. The van der Waals surface area contributed by atoms with Gasteiger partial charge in [-0.3, -0.25) is 19.2 Å². The first-order valence-corrected chi connectivity index (χ1v) is 12.1. The van der Waals surface area contributed by atoms with Crippen molar-refractivity contribution in [2.45, 2.75) is 50.6 Å². The molecule has 1 aliphatic carbocycles. The molecule has 2 heterocycles. The van der Waals surface area contributed by atoms with Crippen LogP contribution in [-0.2, 0) is 14.4 Å². The van der Waals surface area contributed by atoms with Crippen molar-refractivity contribution in [1.29, 1.82) is 0 Å². The van der Waals surface area contributed by atoms with Crippen molar-refractivity contribution in [3.05, 3.63) is 30.0 Å². The zero-order valence-electron chi connectivity index (χ0n) is 20.1. The third kappa shape index (κ3) is 5.58. The fourth-order valence-corrected chi connectivity index (χ4v) is 4.72. The lowest BCUT2D eigenvalue weighted by molar-refractivity contribution is -0.132. The Kier molecular flexibility index (Phi) is 7.28. The van der Waals surface area contributed by atoms with E-state index in [9.17, 15) is 19.2 Å². The number of hydrogen-bond donors (Lipinski definition) is 4. The lowest BCUT2D eigenvalue weighted by Crippen LogP contribution is -2.54. The van der Waals surface area contributed by atoms with Crippen LogP contribution in [-0.4, -0.2) is 66.3 Å². The molecule has 188 valence electrons. The Morgan fingerprint density at radius 3 is 2.66 bits per heavy atom. The molecule has 0 spiro atoms. The van der Waals surface area contributed by atoms with Crippen molar-refractivity contribution in [2.24, 2.45) is 17.6 Å². The quantitative estimate of drug-likeness (QED) is 0.402. The first-order valence-electron chi connectivity index (χ1n) is 12.1. The molecule has 5 N–H and O–H groups in total. The number of nitrogens with one attached hydrogen (secondary N) is 3. The van der Waals surface area contributed by atoms with Gasteiger partial charge in [-0.1, -0.05) is 18.9 Å². The molecular formula is C25H33N5O5. The molecule has 0 radical (unpaired) electrons. The zero-order valence-corrected chi connectivity index (χ0v) is 20.1. The summed E-state index contributed by atoms with van der Waals surface area (Å²) in [6, 6.07) is 5.45. The molecule has 10 heteroatoms. The number of primary amides is 1. The molecule has 1 saturated heterocycles. The number of rotatable bonds is 10. The van der Waals surface area contributed by atoms with Gasteiger partial charge in [0.25, 0.3) is 5.91 Å². The van der Waals surface area contributed by atoms with Crippen molar-refractivity contribution in [1.82, 2.24) is 20.5 Å². The van der Waals surface area contributed by atoms with Crippen LogP contribution in [0.5, 0.6) is 5.75 Å². The van der Waals surface area contributed by atoms with Gasteiger partial charge in [0, 0.05) is 30.4 Å². The molecule has 1 aliphatic heterocycles. The summed E-state index contributed by atoms with van der Waals surface area (Å²) in [7, 11) is 3.16. The van der Waals surface area contributed by atoms with Crippen molar-refractivity contribution in [2.75, 3.05) is 20.7 Å². The standard InChI is InChI=1S/C25H33N5O5/c1-30(25(34)19-13-16-17(28-19)6-3-7-21(16)35-2)20(11-14-8-9-14)24(33)29-18(22(26)31)12-15-5-4-10-27-23(15)32/h3,6-7,13-15,18,20,28H,4-5,8-12H2,1-2H3,(H2,26,31)(H,27,32)(H,29,33). The molecule has 4 amide bonds. The van der Waals surface area contributed by atoms with E-state index in [0.29, 0.717) is 36.7 Å². The van der Waals surface area contributed by atoms with Crippen LogP contribution in [0.15, 0.2) is 24.3 Å². The first kappa shape index (κ1) is 24.6. The minimum Gasteiger partial charge on any atom is -0.496 e. The van der Waals surface area contributed by atoms with Gasteiger partial charge in [-0.15, -0.1) is 0 Å². The van der Waals surface area contributed by atoms with Crippen molar-refractivity contribution >= 4 is 34.5 Å². The highest BCUT2D eigenvalue weighted by atomic mass is 16.5. The number of hydrogen-bond acceptors (Lipinski definition) is 5. The van der Waals surface area contributed by atoms with E-state index in [-0.39, 0.29) is 24.2 Å². The van der Waals surface area contributed by atoms with Crippen LogP contribution in [0.3, 0.4) is 0 Å². The molecule has 4 rings (SSSR count). The van der Waals surface area contributed by atoms with Crippen molar-refractivity contribution < 1.29 is 23.9 Å². The summed E-state index contributed by atoms with van der Waals surface area (Å²) < 4.78 is 5.38. The van der Waals surface area contributed by atoms with Gasteiger partial charge in [0.1, 0.15) is 23.5 Å². The summed E-state index contributed by atoms with van der Waals surface area (Å²) in [5.41, 5.74) is 6.67. The summed E-state index contributed by atoms with van der Waals surface area (Å²) >= 11 is 0. The average molecular weight is 484 g/mol. The molecule has 10 nitrogen and oxygen atoms in total. The van der Waals surface area contributed by atoms with Crippen LogP contribution in [0.2, 0.25) is 0 Å². The summed E-state index contributed by atoms with van der Waals surface area (Å²) in [6.45, 7) is 0.610. The Hall–Kier alpha value is -3.56. The number of piperidine rings is 1. The van der Waals surface area contributed by atoms with Gasteiger partial charge in [-0.2, -0.15) is 0 Å². The summed E-state index contributed by atoms with van der Waals surface area (Å²) in [5, 5.41) is 6.29. The first-order chi connectivity index (χ1) is 16.8. The average Bonchev–Trinajstić information content (AvgIpc) is 3.56. The van der Waals surface area contributed by atoms with E-state index >= 15 is 0 Å². The number of nitrogens with zero attached hydrogens (tertiary/aromatic N) is 1. The number of carbonyl (C=O) groups is 4. The Bertz CT molecular complexity index is 1120. The molecular weight excluding hydrogens is 450 g/mol. The van der Waals surface area contributed by atoms with Gasteiger partial charge in [-0.25, -0.2) is 0 Å². The Morgan fingerprint density at radius 2 is 2.00 bits per heavy atom. The molecule has 1 aromatic heterocycles. The molecule has 2 fully saturated rings. The topological polar surface area (TPSA) is 147 Å². The minimum atomic E-state index is -0.987. The normalized spacial score (nSPS) is 19.5. The third-order valence-corrected chi connectivity index (χ3v) is 7.00. The number of H-pyrrole nitrogens is 1. The monoisotopic (exact) mass is 483 g/mol. The second-order valence-electron chi connectivity index (χ2n) is 9.54. The summed E-state index contributed by atoms with van der Waals surface area (Å²) in [4.78, 5) is 55.5. The van der Waals surface area contributed by atoms with Crippen LogP contribution < -0.4 is 21.1 Å². The molecule has 0 bridgehead atoms. The molecule has 1 saturated carbocycles. The summed E-state index contributed by atoms with van der Waals surface area (Å²) in [6.07, 6.45) is 4.08. The largest absolute Gasteiger partial charge is 0.496 e. The summed E-state index contributed by atoms with van der Waals surface area (Å²) in [5.74, 6) is -1.01. The van der Waals surface area contributed by atoms with Crippen LogP contribution in [0.25, 0.3) is 10.9 Å². The van der Waals surface area contributed by atoms with Gasteiger partial charge < -0.3 is 31.0 Å². The molecule has 35 heavy (non-hydrogen) atoms. The maximum absolute atomic E-state index is 13.4. The Labute approximate surface area is 203 Å². The number of carbonyl (C=O) groups excluding carboxylic acids is 4. The van der Waals surface area contributed by atoms with Gasteiger partial charge in [0.15, 0.2) is 0 Å². The second-order valence-corrected chi connectivity index (χ2v) is 9.54. The Balaban J connectivity index is 1.51. The predicted octanol–water partition coefficient (Wildman–Crippen LogP) is 1.30. The second kappa shape index (κ2) is 10.4. The highest BCUT2D eigenvalue weighted by Crippen LogP contribution is 2.35. The Morgan fingerprint density at radius 1 is 1.23 bits per heavy atom. The van der Waals surface area contributed by atoms with E-state index in [1.165, 1.54) is 4.90 Å². The van der Waals surface area contributed by atoms with Gasteiger partial charge >= 0.3 is 0 Å². The van der Waals surface area contributed by atoms with Crippen LogP contribution in [0.4, 0.5) is 0 Å². The SMILES string of the molecule is COc1cccc2[nH]c(C(=O)N(C)C(CC3CC3)C(=O)NC(CC3CCCNC3=O)C(N)=O)cc12. The maximum Gasteiger partial charge on any atom is 0.270 e. The molecule has 2 aromatic rings. The number of ether oxygens (including phenoxy) is 1. The van der Waals surface area contributed by atoms with Crippen molar-refractivity contribution in [3.8, 4) is 5.75 Å². The molecule has 2 aliphatic rings. The lowest BCUT2D eigenvalue weighted by atomic mass is 9.91. The van der Waals surface area contributed by atoms with Crippen LogP contribution >= 0.6 is 0 Å².